The van der Waals surface area contributed by atoms with E-state index in [9.17, 15) is 4.79 Å². The van der Waals surface area contributed by atoms with E-state index in [0.29, 0.717) is 28.9 Å². The lowest BCUT2D eigenvalue weighted by molar-refractivity contribution is 0.0754. The van der Waals surface area contributed by atoms with Gasteiger partial charge in [0.25, 0.3) is 5.91 Å². The molecular formula is C21H30N4O2. The molecule has 27 heavy (non-hydrogen) atoms. The Morgan fingerprint density at radius 3 is 2.52 bits per heavy atom. The van der Waals surface area contributed by atoms with Gasteiger partial charge in [-0.1, -0.05) is 38.3 Å². The Balaban J connectivity index is 1.90. The summed E-state index contributed by atoms with van der Waals surface area (Å²) in [5, 5.41) is 4.02. The molecular weight excluding hydrogens is 340 g/mol. The highest BCUT2D eigenvalue weighted by molar-refractivity contribution is 5.93. The molecule has 2 aromatic heterocycles. The molecule has 6 nitrogen and oxygen atoms in total. The zero-order valence-electron chi connectivity index (χ0n) is 17.1. The van der Waals surface area contributed by atoms with E-state index in [0.717, 1.165) is 17.8 Å². The quantitative estimate of drug-likeness (QED) is 0.773. The zero-order chi connectivity index (χ0) is 19.6. The Labute approximate surface area is 161 Å². The molecule has 1 amide bonds. The predicted octanol–water partition coefficient (Wildman–Crippen LogP) is 4.52. The summed E-state index contributed by atoms with van der Waals surface area (Å²) >= 11 is 0. The monoisotopic (exact) mass is 370 g/mol. The van der Waals surface area contributed by atoms with Gasteiger partial charge in [-0.25, -0.2) is 9.97 Å². The molecule has 0 N–H and O–H groups in total. The molecule has 146 valence electrons. The molecule has 6 heteroatoms. The molecule has 3 rings (SSSR count). The minimum Gasteiger partial charge on any atom is -0.361 e. The van der Waals surface area contributed by atoms with Crippen LogP contribution in [-0.4, -0.2) is 39.5 Å². The number of nitrogens with zero attached hydrogens (tertiary/aromatic N) is 4. The summed E-state index contributed by atoms with van der Waals surface area (Å²) in [6.45, 7) is 8.61. The van der Waals surface area contributed by atoms with E-state index in [2.05, 4.69) is 15.1 Å². The molecule has 0 unspecified atom stereocenters. The third-order valence-corrected chi connectivity index (χ3v) is 5.37. The maximum atomic E-state index is 13.1. The van der Waals surface area contributed by atoms with E-state index in [1.54, 1.807) is 6.07 Å². The van der Waals surface area contributed by atoms with Crippen LogP contribution in [0.3, 0.4) is 0 Å². The van der Waals surface area contributed by atoms with Crippen molar-refractivity contribution in [2.45, 2.75) is 65.7 Å². The molecule has 2 aromatic rings. The summed E-state index contributed by atoms with van der Waals surface area (Å²) in [7, 11) is 1.88. The smallest absolute Gasteiger partial charge is 0.272 e. The van der Waals surface area contributed by atoms with Gasteiger partial charge in [-0.15, -0.1) is 0 Å². The highest BCUT2D eigenvalue weighted by atomic mass is 16.5. The summed E-state index contributed by atoms with van der Waals surface area (Å²) in [5.74, 6) is 2.05. The van der Waals surface area contributed by atoms with E-state index < -0.39 is 0 Å². The largest absolute Gasteiger partial charge is 0.361 e. The standard InChI is InChI=1S/C21H30N4O2/c1-13(2)20-22-17(19-14(3)24-27-15(19)4)11-18(23-20)21(26)25(5)12-16-9-7-6-8-10-16/h11,13,16H,6-10,12H2,1-5H3. The molecule has 1 aliphatic carbocycles. The van der Waals surface area contributed by atoms with Crippen LogP contribution >= 0.6 is 0 Å². The number of rotatable bonds is 5. The maximum Gasteiger partial charge on any atom is 0.272 e. The minimum absolute atomic E-state index is 0.0436. The van der Waals surface area contributed by atoms with Crippen LogP contribution in [0.2, 0.25) is 0 Å². The first-order valence-corrected chi connectivity index (χ1v) is 9.94. The van der Waals surface area contributed by atoms with Gasteiger partial charge in [0.05, 0.1) is 17.0 Å². The van der Waals surface area contributed by atoms with Crippen LogP contribution in [0.1, 0.15) is 79.6 Å². The van der Waals surface area contributed by atoms with Gasteiger partial charge in [-0.3, -0.25) is 4.79 Å². The van der Waals surface area contributed by atoms with Crippen molar-refractivity contribution >= 4 is 5.91 Å². The van der Waals surface area contributed by atoms with Crippen molar-refractivity contribution in [3.8, 4) is 11.3 Å². The number of hydrogen-bond donors (Lipinski definition) is 0. The Hall–Kier alpha value is -2.24. The first kappa shape index (κ1) is 19.5. The van der Waals surface area contributed by atoms with Crippen LogP contribution < -0.4 is 0 Å². The molecule has 2 heterocycles. The lowest BCUT2D eigenvalue weighted by atomic mass is 9.89. The first-order chi connectivity index (χ1) is 12.9. The molecule has 1 aliphatic rings. The van der Waals surface area contributed by atoms with E-state index in [1.807, 2.05) is 39.6 Å². The number of amides is 1. The van der Waals surface area contributed by atoms with Crippen LogP contribution in [-0.2, 0) is 0 Å². The summed E-state index contributed by atoms with van der Waals surface area (Å²) in [6.07, 6.45) is 6.28. The van der Waals surface area contributed by atoms with Gasteiger partial charge in [-0.2, -0.15) is 0 Å². The van der Waals surface area contributed by atoms with Gasteiger partial charge in [0.15, 0.2) is 0 Å². The zero-order valence-corrected chi connectivity index (χ0v) is 17.1. The number of carbonyl (C=O) groups is 1. The van der Waals surface area contributed by atoms with E-state index in [-0.39, 0.29) is 11.8 Å². The number of carbonyl (C=O) groups excluding carboxylic acids is 1. The van der Waals surface area contributed by atoms with Gasteiger partial charge < -0.3 is 9.42 Å². The average molecular weight is 370 g/mol. The van der Waals surface area contributed by atoms with Gasteiger partial charge in [-0.05, 0) is 38.7 Å². The van der Waals surface area contributed by atoms with Crippen LogP contribution in [0.4, 0.5) is 0 Å². The third-order valence-electron chi connectivity index (χ3n) is 5.37. The van der Waals surface area contributed by atoms with Gasteiger partial charge >= 0.3 is 0 Å². The first-order valence-electron chi connectivity index (χ1n) is 9.94. The fourth-order valence-corrected chi connectivity index (χ4v) is 3.85. The SMILES string of the molecule is Cc1noc(C)c1-c1cc(C(=O)N(C)CC2CCCCC2)nc(C(C)C)n1. The maximum absolute atomic E-state index is 13.1. The molecule has 0 aliphatic heterocycles. The van der Waals surface area contributed by atoms with Gasteiger partial charge in [0, 0.05) is 19.5 Å². The Morgan fingerprint density at radius 1 is 1.22 bits per heavy atom. The van der Waals surface area contributed by atoms with Crippen molar-refractivity contribution in [1.29, 1.82) is 0 Å². The molecule has 0 spiro atoms. The fraction of sp³-hybridized carbons (Fsp3) is 0.619. The van der Waals surface area contributed by atoms with Crippen molar-refractivity contribution in [1.82, 2.24) is 20.0 Å². The molecule has 0 saturated heterocycles. The van der Waals surface area contributed by atoms with E-state index in [1.165, 1.54) is 32.1 Å². The van der Waals surface area contributed by atoms with E-state index >= 15 is 0 Å². The topological polar surface area (TPSA) is 72.1 Å². The molecule has 0 bridgehead atoms. The molecule has 0 aromatic carbocycles. The van der Waals surface area contributed by atoms with Gasteiger partial charge in [0.2, 0.25) is 0 Å². The van der Waals surface area contributed by atoms with Crippen LogP contribution in [0.5, 0.6) is 0 Å². The summed E-state index contributed by atoms with van der Waals surface area (Å²) in [5.41, 5.74) is 2.78. The second-order valence-electron chi connectivity index (χ2n) is 8.04. The second kappa shape index (κ2) is 8.19. The van der Waals surface area contributed by atoms with E-state index in [4.69, 9.17) is 4.52 Å². The Morgan fingerprint density at radius 2 is 1.93 bits per heavy atom. The highest BCUT2D eigenvalue weighted by Crippen LogP contribution is 2.28. The highest BCUT2D eigenvalue weighted by Gasteiger charge is 2.23. The van der Waals surface area contributed by atoms with Crippen molar-refractivity contribution in [3.63, 3.8) is 0 Å². The molecule has 1 fully saturated rings. The summed E-state index contributed by atoms with van der Waals surface area (Å²) < 4.78 is 5.29. The second-order valence-corrected chi connectivity index (χ2v) is 8.04. The number of aryl methyl sites for hydroxylation is 2. The fourth-order valence-electron chi connectivity index (χ4n) is 3.85. The van der Waals surface area contributed by atoms with Gasteiger partial charge in [0.1, 0.15) is 17.3 Å². The summed E-state index contributed by atoms with van der Waals surface area (Å²) in [6, 6.07) is 1.78. The average Bonchev–Trinajstić information content (AvgIpc) is 2.99. The van der Waals surface area contributed by atoms with Crippen molar-refractivity contribution in [2.75, 3.05) is 13.6 Å². The van der Waals surface area contributed by atoms with Crippen LogP contribution in [0.15, 0.2) is 10.6 Å². The lowest BCUT2D eigenvalue weighted by Gasteiger charge is -2.27. The third kappa shape index (κ3) is 4.37. The minimum atomic E-state index is -0.0436. The number of hydrogen-bond acceptors (Lipinski definition) is 5. The molecule has 0 radical (unpaired) electrons. The van der Waals surface area contributed by atoms with Crippen molar-refractivity contribution < 1.29 is 9.32 Å². The Bertz CT molecular complexity index is 787. The van der Waals surface area contributed by atoms with Crippen LogP contribution in [0, 0.1) is 19.8 Å². The number of aromatic nitrogens is 3. The Kier molecular flexibility index (Phi) is 5.92. The predicted molar refractivity (Wildman–Crippen MR) is 105 cm³/mol. The van der Waals surface area contributed by atoms with Crippen LogP contribution in [0.25, 0.3) is 11.3 Å². The molecule has 1 saturated carbocycles. The summed E-state index contributed by atoms with van der Waals surface area (Å²) in [4.78, 5) is 24.1. The van der Waals surface area contributed by atoms with Crippen molar-refractivity contribution in [3.05, 3.63) is 29.0 Å². The normalized spacial score (nSPS) is 15.3. The lowest BCUT2D eigenvalue weighted by Crippen LogP contribution is -2.33. The molecule has 0 atom stereocenters. The van der Waals surface area contributed by atoms with Crippen molar-refractivity contribution in [2.24, 2.45) is 5.92 Å².